The third-order valence-corrected chi connectivity index (χ3v) is 3.80. The fourth-order valence-electron chi connectivity index (χ4n) is 2.46. The third kappa shape index (κ3) is 5.74. The predicted molar refractivity (Wildman–Crippen MR) is 94.0 cm³/mol. The van der Waals surface area contributed by atoms with Crippen LogP contribution < -0.4 is 5.32 Å². The number of carbonyl (C=O) groups excluding carboxylic acids is 1. The van der Waals surface area contributed by atoms with Crippen molar-refractivity contribution in [2.45, 2.75) is 46.1 Å². The first kappa shape index (κ1) is 18.7. The van der Waals surface area contributed by atoms with Gasteiger partial charge in [-0.05, 0) is 19.3 Å². The molecule has 0 aliphatic carbocycles. The van der Waals surface area contributed by atoms with Crippen LogP contribution in [0.2, 0.25) is 0 Å². The van der Waals surface area contributed by atoms with Gasteiger partial charge in [-0.3, -0.25) is 4.79 Å². The summed E-state index contributed by atoms with van der Waals surface area (Å²) < 4.78 is 5.67. The van der Waals surface area contributed by atoms with E-state index in [2.05, 4.69) is 10.3 Å². The summed E-state index contributed by atoms with van der Waals surface area (Å²) in [6.07, 6.45) is 2.50. The van der Waals surface area contributed by atoms with Crippen LogP contribution in [-0.4, -0.2) is 28.0 Å². The van der Waals surface area contributed by atoms with Gasteiger partial charge in [-0.2, -0.15) is 0 Å². The predicted octanol–water partition coefficient (Wildman–Crippen LogP) is 3.20. The van der Waals surface area contributed by atoms with Crippen molar-refractivity contribution in [3.8, 4) is 11.3 Å². The van der Waals surface area contributed by atoms with Crippen LogP contribution in [0.1, 0.15) is 38.1 Å². The summed E-state index contributed by atoms with van der Waals surface area (Å²) in [4.78, 5) is 27.4. The van der Waals surface area contributed by atoms with Gasteiger partial charge in [-0.25, -0.2) is 9.78 Å². The van der Waals surface area contributed by atoms with Crippen molar-refractivity contribution < 1.29 is 19.1 Å². The highest BCUT2D eigenvalue weighted by Crippen LogP contribution is 2.21. The summed E-state index contributed by atoms with van der Waals surface area (Å²) in [5.41, 5.74) is 2.09. The summed E-state index contributed by atoms with van der Waals surface area (Å²) in [5.74, 6) is -0.0340. The number of hydrogen-bond donors (Lipinski definition) is 2. The second-order valence-electron chi connectivity index (χ2n) is 6.57. The average molecular weight is 344 g/mol. The van der Waals surface area contributed by atoms with Crippen LogP contribution in [-0.2, 0) is 16.0 Å². The number of carbonyl (C=O) groups is 2. The maximum absolute atomic E-state index is 12.0. The smallest absolute Gasteiger partial charge is 0.326 e. The second kappa shape index (κ2) is 8.46. The highest BCUT2D eigenvalue weighted by molar-refractivity contribution is 5.83. The van der Waals surface area contributed by atoms with Crippen molar-refractivity contribution in [2.24, 2.45) is 5.92 Å². The summed E-state index contributed by atoms with van der Waals surface area (Å²) in [6, 6.07) is 7.03. The fraction of sp³-hybridized carbons (Fsp3) is 0.421. The summed E-state index contributed by atoms with van der Waals surface area (Å²) in [7, 11) is 0. The molecule has 2 aromatic rings. The zero-order valence-electron chi connectivity index (χ0n) is 14.8. The Bertz CT molecular complexity index is 719. The van der Waals surface area contributed by atoms with Gasteiger partial charge in [0, 0.05) is 18.4 Å². The van der Waals surface area contributed by atoms with Crippen molar-refractivity contribution in [3.05, 3.63) is 41.9 Å². The Balaban J connectivity index is 1.89. The van der Waals surface area contributed by atoms with Gasteiger partial charge in [0.05, 0.1) is 6.20 Å². The van der Waals surface area contributed by atoms with E-state index in [4.69, 9.17) is 9.52 Å². The van der Waals surface area contributed by atoms with Crippen LogP contribution in [0.3, 0.4) is 0 Å². The topological polar surface area (TPSA) is 92.4 Å². The monoisotopic (exact) mass is 344 g/mol. The number of amides is 1. The number of nitrogens with zero attached hydrogens (tertiary/aromatic N) is 1. The van der Waals surface area contributed by atoms with Crippen molar-refractivity contribution in [2.75, 3.05) is 0 Å². The van der Waals surface area contributed by atoms with Crippen molar-refractivity contribution in [1.29, 1.82) is 0 Å². The third-order valence-electron chi connectivity index (χ3n) is 3.80. The van der Waals surface area contributed by atoms with E-state index in [1.807, 2.05) is 45.0 Å². The van der Waals surface area contributed by atoms with Crippen LogP contribution in [0.4, 0.5) is 0 Å². The van der Waals surface area contributed by atoms with E-state index in [1.54, 1.807) is 6.20 Å². The molecule has 6 heteroatoms. The van der Waals surface area contributed by atoms with E-state index in [1.165, 1.54) is 0 Å². The molecule has 0 bridgehead atoms. The zero-order valence-corrected chi connectivity index (χ0v) is 14.8. The molecule has 1 amide bonds. The van der Waals surface area contributed by atoms with E-state index in [0.29, 0.717) is 24.5 Å². The number of oxazole rings is 1. The number of aliphatic carboxylic acids is 1. The molecule has 0 spiro atoms. The Kier molecular flexibility index (Phi) is 6.33. The lowest BCUT2D eigenvalue weighted by molar-refractivity contribution is -0.142. The lowest BCUT2D eigenvalue weighted by Crippen LogP contribution is -2.41. The molecule has 25 heavy (non-hydrogen) atoms. The van der Waals surface area contributed by atoms with Crippen LogP contribution in [0.5, 0.6) is 0 Å². The van der Waals surface area contributed by atoms with Crippen LogP contribution >= 0.6 is 0 Å². The highest BCUT2D eigenvalue weighted by atomic mass is 16.4. The lowest BCUT2D eigenvalue weighted by atomic mass is 10.0. The Hall–Kier alpha value is -2.63. The van der Waals surface area contributed by atoms with E-state index >= 15 is 0 Å². The molecule has 2 N–H and O–H groups in total. The summed E-state index contributed by atoms with van der Waals surface area (Å²) in [6.45, 7) is 5.85. The minimum absolute atomic E-state index is 0.135. The molecule has 2 rings (SSSR count). The van der Waals surface area contributed by atoms with Crippen molar-refractivity contribution >= 4 is 11.9 Å². The number of nitrogens with one attached hydrogen (secondary N) is 1. The van der Waals surface area contributed by atoms with Gasteiger partial charge in [-0.15, -0.1) is 0 Å². The molecule has 1 unspecified atom stereocenters. The minimum atomic E-state index is -1.01. The Morgan fingerprint density at radius 2 is 1.92 bits per heavy atom. The van der Waals surface area contributed by atoms with E-state index in [0.717, 1.165) is 11.1 Å². The molecule has 0 aliphatic rings. The Morgan fingerprint density at radius 3 is 2.52 bits per heavy atom. The quantitative estimate of drug-likeness (QED) is 0.767. The molecule has 0 fully saturated rings. The number of aromatic nitrogens is 1. The molecular weight excluding hydrogens is 320 g/mol. The number of rotatable bonds is 8. The van der Waals surface area contributed by atoms with Gasteiger partial charge in [0.2, 0.25) is 5.91 Å². The molecule has 0 saturated carbocycles. The number of benzene rings is 1. The molecule has 0 aliphatic heterocycles. The first-order valence-corrected chi connectivity index (χ1v) is 8.39. The SMILES string of the molecule is Cc1ccc(-c2cnc(CCC(=O)NC(CC(C)C)C(=O)O)o2)cc1. The van der Waals surface area contributed by atoms with Crippen LogP contribution in [0, 0.1) is 12.8 Å². The maximum atomic E-state index is 12.0. The molecule has 134 valence electrons. The lowest BCUT2D eigenvalue weighted by Gasteiger charge is -2.16. The molecule has 1 aromatic heterocycles. The molecular formula is C19H24N2O4. The van der Waals surface area contributed by atoms with Gasteiger partial charge in [0.1, 0.15) is 6.04 Å². The maximum Gasteiger partial charge on any atom is 0.326 e. The number of aryl methyl sites for hydroxylation is 2. The van der Waals surface area contributed by atoms with Gasteiger partial charge in [-0.1, -0.05) is 43.7 Å². The zero-order chi connectivity index (χ0) is 18.4. The largest absolute Gasteiger partial charge is 0.480 e. The molecule has 1 heterocycles. The fourth-order valence-corrected chi connectivity index (χ4v) is 2.46. The molecule has 0 saturated heterocycles. The summed E-state index contributed by atoms with van der Waals surface area (Å²) in [5, 5.41) is 11.7. The normalized spacial score (nSPS) is 12.2. The Morgan fingerprint density at radius 1 is 1.24 bits per heavy atom. The standard InChI is InChI=1S/C19H24N2O4/c1-12(2)10-15(19(23)24)21-17(22)8-9-18-20-11-16(25-18)14-6-4-13(3)5-7-14/h4-7,11-12,15H,8-10H2,1-3H3,(H,21,22)(H,23,24). The van der Waals surface area contributed by atoms with Gasteiger partial charge in [0.25, 0.3) is 0 Å². The van der Waals surface area contributed by atoms with Gasteiger partial charge >= 0.3 is 5.97 Å². The van der Waals surface area contributed by atoms with Gasteiger partial charge < -0.3 is 14.8 Å². The number of carboxylic acids is 1. The van der Waals surface area contributed by atoms with Gasteiger partial charge in [0.15, 0.2) is 11.7 Å². The van der Waals surface area contributed by atoms with Crippen LogP contribution in [0.25, 0.3) is 11.3 Å². The van der Waals surface area contributed by atoms with E-state index < -0.39 is 12.0 Å². The molecule has 1 aromatic carbocycles. The average Bonchev–Trinajstić information content (AvgIpc) is 3.01. The van der Waals surface area contributed by atoms with E-state index in [9.17, 15) is 9.59 Å². The number of carboxylic acid groups (broad SMARTS) is 1. The first-order valence-electron chi connectivity index (χ1n) is 8.39. The minimum Gasteiger partial charge on any atom is -0.480 e. The van der Waals surface area contributed by atoms with Crippen molar-refractivity contribution in [1.82, 2.24) is 10.3 Å². The molecule has 1 atom stereocenters. The second-order valence-corrected chi connectivity index (χ2v) is 6.57. The molecule has 6 nitrogen and oxygen atoms in total. The van der Waals surface area contributed by atoms with Crippen LogP contribution in [0.15, 0.2) is 34.9 Å². The molecule has 0 radical (unpaired) electrons. The Labute approximate surface area is 147 Å². The number of hydrogen-bond acceptors (Lipinski definition) is 4. The van der Waals surface area contributed by atoms with Crippen molar-refractivity contribution in [3.63, 3.8) is 0 Å². The first-order chi connectivity index (χ1) is 11.8. The van der Waals surface area contributed by atoms with E-state index in [-0.39, 0.29) is 18.2 Å². The summed E-state index contributed by atoms with van der Waals surface area (Å²) >= 11 is 0. The highest BCUT2D eigenvalue weighted by Gasteiger charge is 2.21.